The molecule has 2 fully saturated rings. The number of hydrogen-bond acceptors (Lipinski definition) is 15. The summed E-state index contributed by atoms with van der Waals surface area (Å²) in [6.07, 6.45) is -15.9. The molecule has 2 aromatic carbocycles. The van der Waals surface area contributed by atoms with Gasteiger partial charge in [0.2, 0.25) is 6.29 Å². The molecule has 3 aliphatic rings. The van der Waals surface area contributed by atoms with Gasteiger partial charge in [-0.15, -0.1) is 0 Å². The van der Waals surface area contributed by atoms with Crippen LogP contribution >= 0.6 is 0 Å². The molecule has 0 spiro atoms. The fourth-order valence-electron chi connectivity index (χ4n) is 5.20. The van der Waals surface area contributed by atoms with Crippen LogP contribution in [0.4, 0.5) is 0 Å². The van der Waals surface area contributed by atoms with Crippen LogP contribution in [-0.2, 0) is 14.2 Å². The summed E-state index contributed by atoms with van der Waals surface area (Å²) in [7, 11) is 1.39. The second-order valence-corrected chi connectivity index (χ2v) is 10.6. The molecule has 15 heteroatoms. The first-order valence-corrected chi connectivity index (χ1v) is 13.5. The average molecular weight is 611 g/mol. The van der Waals surface area contributed by atoms with Crippen molar-refractivity contribution < 1.29 is 74.1 Å². The van der Waals surface area contributed by atoms with Crippen molar-refractivity contribution in [2.75, 3.05) is 13.7 Å². The van der Waals surface area contributed by atoms with Crippen LogP contribution in [0.15, 0.2) is 30.3 Å². The highest BCUT2D eigenvalue weighted by Crippen LogP contribution is 2.43. The summed E-state index contributed by atoms with van der Waals surface area (Å²) in [5.74, 6) is -0.999. The Bertz CT molecular complexity index is 1320. The van der Waals surface area contributed by atoms with Gasteiger partial charge in [0.15, 0.2) is 23.6 Å². The number of phenols is 2. The molecule has 2 saturated heterocycles. The third-order valence-electron chi connectivity index (χ3n) is 7.70. The van der Waals surface area contributed by atoms with E-state index in [0.717, 1.165) is 6.07 Å². The number of hydrogen-bond donors (Lipinski definition) is 8. The Morgan fingerprint density at radius 3 is 2.23 bits per heavy atom. The second kappa shape index (κ2) is 12.4. The SMILES string of the molecule is COc1ccc([C@@H]2CC(=O)c3c(O)cc(O[C@H]4O[C@@H](CO[C@@H]5O[C@H](C)[C@H](O)[C@H](O)[C@@H]5O)[C@H](O)[C@@H](O)[C@@H]4O)cc3O2)cc1O. The number of carbonyl (C=O) groups excluding carboxylic acids is 1. The Morgan fingerprint density at radius 1 is 0.837 bits per heavy atom. The molecule has 2 aromatic rings. The summed E-state index contributed by atoms with van der Waals surface area (Å²) in [5, 5.41) is 82.2. The minimum Gasteiger partial charge on any atom is -0.507 e. The summed E-state index contributed by atoms with van der Waals surface area (Å²) in [4.78, 5) is 12.9. The number of aromatic hydroxyl groups is 2. The van der Waals surface area contributed by atoms with Crippen molar-refractivity contribution in [1.82, 2.24) is 0 Å². The molecule has 0 aliphatic carbocycles. The van der Waals surface area contributed by atoms with Crippen molar-refractivity contribution in [3.05, 3.63) is 41.5 Å². The molecule has 0 amide bonds. The number of rotatable bonds is 7. The molecular weight excluding hydrogens is 576 g/mol. The molecule has 5 rings (SSSR count). The molecule has 8 N–H and O–H groups in total. The van der Waals surface area contributed by atoms with Crippen LogP contribution in [0, 0.1) is 0 Å². The summed E-state index contributed by atoms with van der Waals surface area (Å²) in [5.41, 5.74) is 0.373. The highest BCUT2D eigenvalue weighted by atomic mass is 16.7. The monoisotopic (exact) mass is 610 g/mol. The Morgan fingerprint density at radius 2 is 1.53 bits per heavy atom. The smallest absolute Gasteiger partial charge is 0.229 e. The number of methoxy groups -OCH3 is 1. The van der Waals surface area contributed by atoms with Crippen molar-refractivity contribution >= 4 is 5.78 Å². The summed E-state index contributed by atoms with van der Waals surface area (Å²) in [6.45, 7) is 0.964. The van der Waals surface area contributed by atoms with Gasteiger partial charge in [0.1, 0.15) is 71.6 Å². The van der Waals surface area contributed by atoms with E-state index in [-0.39, 0.29) is 35.0 Å². The van der Waals surface area contributed by atoms with E-state index in [1.165, 1.54) is 32.2 Å². The molecule has 236 valence electrons. The van der Waals surface area contributed by atoms with Crippen molar-refractivity contribution in [3.63, 3.8) is 0 Å². The number of aliphatic hydroxyl groups excluding tert-OH is 6. The Labute approximate surface area is 245 Å². The quantitative estimate of drug-likeness (QED) is 0.185. The molecular formula is C28H34O15. The summed E-state index contributed by atoms with van der Waals surface area (Å²) < 4.78 is 33.1. The summed E-state index contributed by atoms with van der Waals surface area (Å²) in [6, 6.07) is 6.90. The molecule has 0 saturated carbocycles. The van der Waals surface area contributed by atoms with Crippen molar-refractivity contribution in [2.45, 2.75) is 80.9 Å². The fourth-order valence-corrected chi connectivity index (χ4v) is 5.20. The highest BCUT2D eigenvalue weighted by Gasteiger charge is 2.47. The van der Waals surface area contributed by atoms with E-state index in [2.05, 4.69) is 0 Å². The Hall–Kier alpha value is -3.25. The molecule has 3 heterocycles. The standard InChI is InChI=1S/C28H34O15/c1-10-21(32)23(34)25(36)27(40-10)39-9-19-22(33)24(35)26(37)28(43-19)41-12-6-14(30)20-15(31)8-17(42-18(20)7-12)11-3-4-16(38-2)13(29)5-11/h3-7,10,17,19,21-30,32-37H,8-9H2,1-2H3/t10-,17+,19+,21+,22+,23+,24-,25+,26+,27-,28+/m1/s1. The van der Waals surface area contributed by atoms with Gasteiger partial charge in [0.25, 0.3) is 0 Å². The van der Waals surface area contributed by atoms with Gasteiger partial charge >= 0.3 is 0 Å². The lowest BCUT2D eigenvalue weighted by Gasteiger charge is -2.42. The third kappa shape index (κ3) is 6.08. The minimum absolute atomic E-state index is 0.0457. The lowest BCUT2D eigenvalue weighted by atomic mass is 9.95. The van der Waals surface area contributed by atoms with Gasteiger partial charge in [-0.25, -0.2) is 0 Å². The van der Waals surface area contributed by atoms with E-state index >= 15 is 0 Å². The van der Waals surface area contributed by atoms with E-state index in [1.54, 1.807) is 6.07 Å². The molecule has 0 bridgehead atoms. The number of fused-ring (bicyclic) bond motifs is 1. The van der Waals surface area contributed by atoms with Gasteiger partial charge in [-0.3, -0.25) is 4.79 Å². The maximum atomic E-state index is 12.9. The van der Waals surface area contributed by atoms with Gasteiger partial charge in [0, 0.05) is 12.1 Å². The summed E-state index contributed by atoms with van der Waals surface area (Å²) >= 11 is 0. The average Bonchev–Trinajstić information content (AvgIpc) is 2.97. The Balaban J connectivity index is 1.30. The number of ether oxygens (including phenoxy) is 6. The first-order chi connectivity index (χ1) is 20.4. The predicted molar refractivity (Wildman–Crippen MR) is 141 cm³/mol. The van der Waals surface area contributed by atoms with E-state index < -0.39 is 85.7 Å². The molecule has 15 nitrogen and oxygen atoms in total. The lowest BCUT2D eigenvalue weighted by molar-refractivity contribution is -0.318. The fraction of sp³-hybridized carbons (Fsp3) is 0.536. The third-order valence-corrected chi connectivity index (χ3v) is 7.70. The van der Waals surface area contributed by atoms with Gasteiger partial charge in [0.05, 0.1) is 26.2 Å². The molecule has 0 unspecified atom stereocenters. The van der Waals surface area contributed by atoms with Gasteiger partial charge < -0.3 is 69.3 Å². The normalized spacial score (nSPS) is 36.0. The van der Waals surface area contributed by atoms with E-state index in [0.29, 0.717) is 5.56 Å². The van der Waals surface area contributed by atoms with Crippen LogP contribution in [-0.4, -0.2) is 122 Å². The van der Waals surface area contributed by atoms with Crippen LogP contribution in [0.2, 0.25) is 0 Å². The molecule has 3 aliphatic heterocycles. The first kappa shape index (κ1) is 31.2. The first-order valence-electron chi connectivity index (χ1n) is 13.5. The van der Waals surface area contributed by atoms with Crippen LogP contribution in [0.5, 0.6) is 28.7 Å². The molecule has 0 radical (unpaired) electrons. The molecule has 43 heavy (non-hydrogen) atoms. The largest absolute Gasteiger partial charge is 0.507 e. The van der Waals surface area contributed by atoms with Gasteiger partial charge in [-0.05, 0) is 24.6 Å². The zero-order valence-corrected chi connectivity index (χ0v) is 23.1. The van der Waals surface area contributed by atoms with Crippen LogP contribution in [0.3, 0.4) is 0 Å². The van der Waals surface area contributed by atoms with Gasteiger partial charge in [-0.1, -0.05) is 6.07 Å². The number of aliphatic hydroxyl groups is 6. The van der Waals surface area contributed by atoms with E-state index in [1.807, 2.05) is 0 Å². The maximum absolute atomic E-state index is 12.9. The minimum atomic E-state index is -1.77. The van der Waals surface area contributed by atoms with Crippen LogP contribution in [0.1, 0.15) is 35.4 Å². The van der Waals surface area contributed by atoms with Crippen molar-refractivity contribution in [2.24, 2.45) is 0 Å². The predicted octanol–water partition coefficient (Wildman–Crippen LogP) is -1.16. The zero-order valence-electron chi connectivity index (χ0n) is 23.1. The van der Waals surface area contributed by atoms with E-state index in [9.17, 15) is 45.6 Å². The van der Waals surface area contributed by atoms with Crippen molar-refractivity contribution in [3.8, 4) is 28.7 Å². The number of phenolic OH excluding ortho intramolecular Hbond substituents is 2. The van der Waals surface area contributed by atoms with Crippen LogP contribution < -0.4 is 14.2 Å². The topological polar surface area (TPSA) is 234 Å². The number of ketones is 1. The number of carbonyl (C=O) groups is 1. The molecule has 0 aromatic heterocycles. The number of benzene rings is 2. The van der Waals surface area contributed by atoms with E-state index in [4.69, 9.17) is 28.4 Å². The Kier molecular flexibility index (Phi) is 8.99. The maximum Gasteiger partial charge on any atom is 0.229 e. The molecule has 11 atom stereocenters. The highest BCUT2D eigenvalue weighted by molar-refractivity contribution is 6.02. The van der Waals surface area contributed by atoms with Gasteiger partial charge in [-0.2, -0.15) is 0 Å². The second-order valence-electron chi connectivity index (χ2n) is 10.6. The van der Waals surface area contributed by atoms with Crippen molar-refractivity contribution in [1.29, 1.82) is 0 Å². The van der Waals surface area contributed by atoms with Crippen LogP contribution in [0.25, 0.3) is 0 Å². The lowest BCUT2D eigenvalue weighted by Crippen LogP contribution is -2.61. The zero-order chi connectivity index (χ0) is 31.2. The number of Topliss-reactive ketones (excluding diaryl/α,β-unsaturated/α-hetero) is 1.